The first kappa shape index (κ1) is 13.8. The third-order valence-electron chi connectivity index (χ3n) is 2.52. The molecule has 3 heteroatoms. The van der Waals surface area contributed by atoms with Crippen LogP contribution in [0.25, 0.3) is 0 Å². The van der Waals surface area contributed by atoms with Gasteiger partial charge in [-0.1, -0.05) is 19.4 Å². The highest BCUT2D eigenvalue weighted by molar-refractivity contribution is 5.48. The van der Waals surface area contributed by atoms with E-state index in [2.05, 4.69) is 25.2 Å². The molecule has 1 N–H and O–H groups in total. The molecule has 0 saturated heterocycles. The van der Waals surface area contributed by atoms with Crippen molar-refractivity contribution in [1.82, 2.24) is 0 Å². The van der Waals surface area contributed by atoms with Crippen LogP contribution in [-0.4, -0.2) is 26.4 Å². The Bertz CT molecular complexity index is 315. The van der Waals surface area contributed by atoms with Crippen molar-refractivity contribution in [2.45, 2.75) is 32.7 Å². The number of rotatable bonds is 8. The molecule has 1 aromatic rings. The lowest BCUT2D eigenvalue weighted by molar-refractivity contribution is 0.146. The first-order valence-corrected chi connectivity index (χ1v) is 6.24. The van der Waals surface area contributed by atoms with Crippen molar-refractivity contribution in [1.29, 1.82) is 0 Å². The van der Waals surface area contributed by atoms with Gasteiger partial charge in [-0.3, -0.25) is 0 Å². The molecule has 0 bridgehead atoms. The van der Waals surface area contributed by atoms with Crippen molar-refractivity contribution in [3.63, 3.8) is 0 Å². The quantitative estimate of drug-likeness (QED) is 0.704. The van der Waals surface area contributed by atoms with Crippen molar-refractivity contribution in [2.24, 2.45) is 0 Å². The number of ether oxygens (including phenoxy) is 2. The molecule has 1 unspecified atom stereocenters. The summed E-state index contributed by atoms with van der Waals surface area (Å²) >= 11 is 0. The van der Waals surface area contributed by atoms with Gasteiger partial charge in [0.2, 0.25) is 0 Å². The molecule has 0 fully saturated rings. The molecule has 0 aliphatic carbocycles. The number of methoxy groups -OCH3 is 1. The Morgan fingerprint density at radius 2 is 2.12 bits per heavy atom. The van der Waals surface area contributed by atoms with Gasteiger partial charge in [0.1, 0.15) is 12.4 Å². The van der Waals surface area contributed by atoms with Gasteiger partial charge >= 0.3 is 0 Å². The summed E-state index contributed by atoms with van der Waals surface area (Å²) in [6, 6.07) is 8.56. The zero-order valence-electron chi connectivity index (χ0n) is 11.0. The average molecular weight is 237 g/mol. The van der Waals surface area contributed by atoms with E-state index in [9.17, 15) is 0 Å². The van der Waals surface area contributed by atoms with Crippen LogP contribution in [-0.2, 0) is 4.74 Å². The van der Waals surface area contributed by atoms with E-state index in [1.54, 1.807) is 7.11 Å². The first-order chi connectivity index (χ1) is 8.26. The van der Waals surface area contributed by atoms with Crippen molar-refractivity contribution in [3.8, 4) is 5.75 Å². The van der Waals surface area contributed by atoms with Crippen LogP contribution >= 0.6 is 0 Å². The summed E-state index contributed by atoms with van der Waals surface area (Å²) in [4.78, 5) is 0. The molecule has 3 nitrogen and oxygen atoms in total. The standard InChI is InChI=1S/C14H23NO2/c1-4-6-12(2)15-13-7-5-8-14(11-13)17-10-9-16-3/h5,7-8,11-12,15H,4,6,9-10H2,1-3H3. The minimum atomic E-state index is 0.495. The molecule has 1 atom stereocenters. The number of hydrogen-bond acceptors (Lipinski definition) is 3. The third kappa shape index (κ3) is 5.59. The number of nitrogens with one attached hydrogen (secondary N) is 1. The van der Waals surface area contributed by atoms with Crippen molar-refractivity contribution >= 4 is 5.69 Å². The summed E-state index contributed by atoms with van der Waals surface area (Å²) in [5, 5.41) is 3.46. The third-order valence-corrected chi connectivity index (χ3v) is 2.52. The van der Waals surface area contributed by atoms with Gasteiger partial charge in [0.25, 0.3) is 0 Å². The summed E-state index contributed by atoms with van der Waals surface area (Å²) in [5.74, 6) is 0.885. The normalized spacial score (nSPS) is 12.2. The lowest BCUT2D eigenvalue weighted by Gasteiger charge is -2.15. The lowest BCUT2D eigenvalue weighted by Crippen LogP contribution is -2.14. The first-order valence-electron chi connectivity index (χ1n) is 6.24. The van der Waals surface area contributed by atoms with E-state index in [-0.39, 0.29) is 0 Å². The summed E-state index contributed by atoms with van der Waals surface area (Å²) in [7, 11) is 1.67. The van der Waals surface area contributed by atoms with E-state index >= 15 is 0 Å². The summed E-state index contributed by atoms with van der Waals surface area (Å²) in [6.07, 6.45) is 2.37. The Morgan fingerprint density at radius 3 is 2.82 bits per heavy atom. The maximum Gasteiger partial charge on any atom is 0.121 e. The maximum atomic E-state index is 5.56. The molecule has 0 saturated carbocycles. The monoisotopic (exact) mass is 237 g/mol. The molecular formula is C14H23NO2. The molecule has 0 heterocycles. The fourth-order valence-corrected chi connectivity index (χ4v) is 1.71. The summed E-state index contributed by atoms with van der Waals surface area (Å²) in [5.41, 5.74) is 1.11. The van der Waals surface area contributed by atoms with Crippen molar-refractivity contribution in [2.75, 3.05) is 25.6 Å². The second kappa shape index (κ2) is 7.96. The van der Waals surface area contributed by atoms with Crippen LogP contribution in [0.1, 0.15) is 26.7 Å². The van der Waals surface area contributed by atoms with Crippen molar-refractivity contribution < 1.29 is 9.47 Å². The van der Waals surface area contributed by atoms with Crippen LogP contribution in [0.4, 0.5) is 5.69 Å². The van der Waals surface area contributed by atoms with Gasteiger partial charge in [0.15, 0.2) is 0 Å². The highest BCUT2D eigenvalue weighted by atomic mass is 16.5. The van der Waals surface area contributed by atoms with Crippen LogP contribution in [0.3, 0.4) is 0 Å². The van der Waals surface area contributed by atoms with Crippen LogP contribution in [0.2, 0.25) is 0 Å². The Labute approximate surface area is 104 Å². The van der Waals surface area contributed by atoms with Gasteiger partial charge in [0, 0.05) is 24.9 Å². The van der Waals surface area contributed by atoms with Crippen LogP contribution in [0.5, 0.6) is 5.75 Å². The maximum absolute atomic E-state index is 5.56. The highest BCUT2D eigenvalue weighted by Gasteiger charge is 2.01. The zero-order valence-corrected chi connectivity index (χ0v) is 11.0. The number of anilines is 1. The fraction of sp³-hybridized carbons (Fsp3) is 0.571. The topological polar surface area (TPSA) is 30.5 Å². The smallest absolute Gasteiger partial charge is 0.121 e. The molecule has 0 aliphatic rings. The second-order valence-corrected chi connectivity index (χ2v) is 4.20. The second-order valence-electron chi connectivity index (χ2n) is 4.20. The molecule has 1 aromatic carbocycles. The highest BCUT2D eigenvalue weighted by Crippen LogP contribution is 2.18. The van der Waals surface area contributed by atoms with E-state index in [0.717, 1.165) is 11.4 Å². The van der Waals surface area contributed by atoms with E-state index < -0.39 is 0 Å². The van der Waals surface area contributed by atoms with E-state index in [4.69, 9.17) is 9.47 Å². The molecule has 0 radical (unpaired) electrons. The molecule has 0 spiro atoms. The molecule has 1 rings (SSSR count). The van der Waals surface area contributed by atoms with Crippen LogP contribution < -0.4 is 10.1 Å². The zero-order chi connectivity index (χ0) is 12.5. The number of benzene rings is 1. The predicted molar refractivity (Wildman–Crippen MR) is 71.8 cm³/mol. The average Bonchev–Trinajstić information content (AvgIpc) is 2.30. The fourth-order valence-electron chi connectivity index (χ4n) is 1.71. The summed E-state index contributed by atoms with van der Waals surface area (Å²) < 4.78 is 10.5. The molecule has 0 amide bonds. The van der Waals surface area contributed by atoms with Gasteiger partial charge in [-0.25, -0.2) is 0 Å². The van der Waals surface area contributed by atoms with Crippen LogP contribution in [0, 0.1) is 0 Å². The Kier molecular flexibility index (Phi) is 6.48. The Morgan fingerprint density at radius 1 is 1.29 bits per heavy atom. The van der Waals surface area contributed by atoms with Crippen molar-refractivity contribution in [3.05, 3.63) is 24.3 Å². The minimum absolute atomic E-state index is 0.495. The van der Waals surface area contributed by atoms with Crippen LogP contribution in [0.15, 0.2) is 24.3 Å². The molecule has 0 aromatic heterocycles. The van der Waals surface area contributed by atoms with Gasteiger partial charge in [-0.15, -0.1) is 0 Å². The Hall–Kier alpha value is -1.22. The minimum Gasteiger partial charge on any atom is -0.491 e. The van der Waals surface area contributed by atoms with Gasteiger partial charge in [0.05, 0.1) is 6.61 Å². The van der Waals surface area contributed by atoms with E-state index in [1.807, 2.05) is 18.2 Å². The van der Waals surface area contributed by atoms with Gasteiger partial charge in [-0.2, -0.15) is 0 Å². The largest absolute Gasteiger partial charge is 0.491 e. The molecular weight excluding hydrogens is 214 g/mol. The predicted octanol–water partition coefficient (Wildman–Crippen LogP) is 3.31. The molecule has 96 valence electrons. The van der Waals surface area contributed by atoms with Gasteiger partial charge < -0.3 is 14.8 Å². The number of hydrogen-bond donors (Lipinski definition) is 1. The van der Waals surface area contributed by atoms with E-state index in [0.29, 0.717) is 19.3 Å². The SMILES string of the molecule is CCCC(C)Nc1cccc(OCCOC)c1. The Balaban J connectivity index is 2.47. The molecule has 17 heavy (non-hydrogen) atoms. The molecule has 0 aliphatic heterocycles. The van der Waals surface area contributed by atoms with E-state index in [1.165, 1.54) is 12.8 Å². The summed E-state index contributed by atoms with van der Waals surface area (Å²) in [6.45, 7) is 5.60. The lowest BCUT2D eigenvalue weighted by atomic mass is 10.2. The van der Waals surface area contributed by atoms with Gasteiger partial charge in [-0.05, 0) is 25.5 Å².